The largest absolute Gasteiger partial charge is 0.507 e. The maximum atomic E-state index is 10.5. The van der Waals surface area contributed by atoms with Crippen molar-refractivity contribution in [2.75, 3.05) is 6.61 Å². The van der Waals surface area contributed by atoms with Gasteiger partial charge in [0.25, 0.3) is 0 Å². The molecule has 3 rings (SSSR count). The molecule has 0 aliphatic carbocycles. The van der Waals surface area contributed by atoms with Gasteiger partial charge in [-0.1, -0.05) is 60.7 Å². The second-order valence-corrected chi connectivity index (χ2v) is 6.10. The molecule has 0 heterocycles. The Morgan fingerprint density at radius 3 is 2.46 bits per heavy atom. The Labute approximate surface area is 153 Å². The molecule has 26 heavy (non-hydrogen) atoms. The highest BCUT2D eigenvalue weighted by Crippen LogP contribution is 2.40. The summed E-state index contributed by atoms with van der Waals surface area (Å²) in [4.78, 5) is 0. The van der Waals surface area contributed by atoms with Crippen LogP contribution in [0, 0.1) is 6.92 Å². The van der Waals surface area contributed by atoms with Gasteiger partial charge in [0.15, 0.2) is 0 Å². The molecule has 3 heteroatoms. The highest BCUT2D eigenvalue weighted by atomic mass is 16.5. The number of ether oxygens (including phenoxy) is 1. The molecule has 0 unspecified atom stereocenters. The third-order valence-corrected chi connectivity index (χ3v) is 4.13. The number of phenolic OH excluding ortho intramolecular Hbond substituents is 1. The van der Waals surface area contributed by atoms with Gasteiger partial charge in [0.1, 0.15) is 18.1 Å². The van der Waals surface area contributed by atoms with Crippen molar-refractivity contribution in [2.24, 2.45) is 0 Å². The molecule has 0 saturated carbocycles. The summed E-state index contributed by atoms with van der Waals surface area (Å²) in [6.45, 7) is 2.19. The highest BCUT2D eigenvalue weighted by Gasteiger charge is 2.15. The van der Waals surface area contributed by atoms with Crippen LogP contribution >= 0.6 is 0 Å². The summed E-state index contributed by atoms with van der Waals surface area (Å²) in [5, 5.41) is 20.1. The van der Waals surface area contributed by atoms with Crippen LogP contribution in [0.25, 0.3) is 17.2 Å². The summed E-state index contributed by atoms with van der Waals surface area (Å²) in [5.74, 6) is 0.744. The first-order valence-corrected chi connectivity index (χ1v) is 8.56. The first-order chi connectivity index (χ1) is 12.7. The Morgan fingerprint density at radius 2 is 1.69 bits per heavy atom. The van der Waals surface area contributed by atoms with E-state index in [4.69, 9.17) is 4.74 Å². The Morgan fingerprint density at radius 1 is 0.962 bits per heavy atom. The molecule has 0 spiro atoms. The van der Waals surface area contributed by atoms with Crippen molar-refractivity contribution < 1.29 is 14.9 Å². The third kappa shape index (κ3) is 4.13. The van der Waals surface area contributed by atoms with Crippen molar-refractivity contribution in [3.05, 3.63) is 89.5 Å². The summed E-state index contributed by atoms with van der Waals surface area (Å²) in [5.41, 5.74) is 4.14. The molecule has 0 aromatic heterocycles. The van der Waals surface area contributed by atoms with E-state index in [-0.39, 0.29) is 12.4 Å². The number of aromatic hydroxyl groups is 1. The molecule has 132 valence electrons. The van der Waals surface area contributed by atoms with Crippen LogP contribution in [-0.4, -0.2) is 16.8 Å². The van der Waals surface area contributed by atoms with Crippen LogP contribution in [0.4, 0.5) is 0 Å². The number of rotatable bonds is 6. The predicted molar refractivity (Wildman–Crippen MR) is 105 cm³/mol. The quantitative estimate of drug-likeness (QED) is 0.664. The van der Waals surface area contributed by atoms with Crippen molar-refractivity contribution in [3.8, 4) is 22.6 Å². The Kier molecular flexibility index (Phi) is 5.72. The monoisotopic (exact) mass is 346 g/mol. The van der Waals surface area contributed by atoms with Crippen LogP contribution in [0.3, 0.4) is 0 Å². The Hall–Kier alpha value is -3.04. The average Bonchev–Trinajstić information content (AvgIpc) is 2.66. The number of hydrogen-bond acceptors (Lipinski definition) is 3. The lowest BCUT2D eigenvalue weighted by Gasteiger charge is -2.16. The van der Waals surface area contributed by atoms with Crippen LogP contribution in [0.15, 0.2) is 72.8 Å². The molecule has 0 aliphatic heterocycles. The van der Waals surface area contributed by atoms with Crippen LogP contribution in [0.2, 0.25) is 0 Å². The molecule has 0 radical (unpaired) electrons. The van der Waals surface area contributed by atoms with E-state index in [2.05, 4.69) is 0 Å². The van der Waals surface area contributed by atoms with Gasteiger partial charge in [-0.05, 0) is 47.4 Å². The van der Waals surface area contributed by atoms with Gasteiger partial charge < -0.3 is 14.9 Å². The SMILES string of the molecule is Cc1cc(O)c(-c2ccccc2CO)c(OCC=Cc2ccccc2)c1. The number of phenols is 1. The molecule has 0 saturated heterocycles. The molecule has 0 amide bonds. The zero-order chi connectivity index (χ0) is 18.4. The van der Waals surface area contributed by atoms with Crippen LogP contribution in [0.5, 0.6) is 11.5 Å². The van der Waals surface area contributed by atoms with E-state index in [1.54, 1.807) is 6.07 Å². The third-order valence-electron chi connectivity index (χ3n) is 4.13. The lowest BCUT2D eigenvalue weighted by molar-refractivity contribution is 0.282. The molecule has 0 bridgehead atoms. The molecular formula is C23H22O3. The number of hydrogen-bond donors (Lipinski definition) is 2. The van der Waals surface area contributed by atoms with Gasteiger partial charge in [0, 0.05) is 0 Å². The lowest BCUT2D eigenvalue weighted by atomic mass is 9.97. The molecule has 3 nitrogen and oxygen atoms in total. The van der Waals surface area contributed by atoms with Gasteiger partial charge in [-0.3, -0.25) is 0 Å². The van der Waals surface area contributed by atoms with E-state index < -0.39 is 0 Å². The van der Waals surface area contributed by atoms with E-state index in [1.165, 1.54) is 0 Å². The van der Waals surface area contributed by atoms with E-state index >= 15 is 0 Å². The van der Waals surface area contributed by atoms with Gasteiger partial charge in [-0.25, -0.2) is 0 Å². The maximum Gasteiger partial charge on any atom is 0.131 e. The minimum absolute atomic E-state index is 0.100. The average molecular weight is 346 g/mol. The van der Waals surface area contributed by atoms with E-state index in [0.717, 1.165) is 22.3 Å². The molecule has 0 atom stereocenters. The first kappa shape index (κ1) is 17.8. The van der Waals surface area contributed by atoms with Gasteiger partial charge in [0.05, 0.1) is 12.2 Å². The summed E-state index contributed by atoms with van der Waals surface area (Å²) in [6, 6.07) is 21.1. The van der Waals surface area contributed by atoms with E-state index in [9.17, 15) is 10.2 Å². The minimum atomic E-state index is -0.100. The van der Waals surface area contributed by atoms with Crippen molar-refractivity contribution in [2.45, 2.75) is 13.5 Å². The van der Waals surface area contributed by atoms with E-state index in [0.29, 0.717) is 17.9 Å². The summed E-state index contributed by atoms with van der Waals surface area (Å²) >= 11 is 0. The van der Waals surface area contributed by atoms with Crippen LogP contribution < -0.4 is 4.74 Å². The summed E-state index contributed by atoms with van der Waals surface area (Å²) in [6.07, 6.45) is 3.94. The van der Waals surface area contributed by atoms with E-state index in [1.807, 2.05) is 79.7 Å². The second-order valence-electron chi connectivity index (χ2n) is 6.10. The smallest absolute Gasteiger partial charge is 0.131 e. The highest BCUT2D eigenvalue weighted by molar-refractivity contribution is 5.79. The van der Waals surface area contributed by atoms with Crippen LogP contribution in [0.1, 0.15) is 16.7 Å². The standard InChI is InChI=1S/C23H22O3/c1-17-14-21(25)23(20-12-6-5-11-19(20)16-24)22(15-17)26-13-7-10-18-8-3-2-4-9-18/h2-12,14-15,24-25H,13,16H2,1H3. The molecule has 0 fully saturated rings. The number of aliphatic hydroxyl groups is 1. The number of aliphatic hydroxyl groups excluding tert-OH is 1. The summed E-state index contributed by atoms with van der Waals surface area (Å²) in [7, 11) is 0. The van der Waals surface area contributed by atoms with Crippen molar-refractivity contribution in [3.63, 3.8) is 0 Å². The Bertz CT molecular complexity index is 899. The van der Waals surface area contributed by atoms with Crippen molar-refractivity contribution >= 4 is 6.08 Å². The topological polar surface area (TPSA) is 49.7 Å². The zero-order valence-electron chi connectivity index (χ0n) is 14.7. The zero-order valence-corrected chi connectivity index (χ0v) is 14.7. The molecule has 0 aliphatic rings. The van der Waals surface area contributed by atoms with Gasteiger partial charge in [-0.15, -0.1) is 0 Å². The van der Waals surface area contributed by atoms with Gasteiger partial charge in [0.2, 0.25) is 0 Å². The van der Waals surface area contributed by atoms with Gasteiger partial charge >= 0.3 is 0 Å². The predicted octanol–water partition coefficient (Wildman–Crippen LogP) is 4.95. The van der Waals surface area contributed by atoms with Crippen molar-refractivity contribution in [1.29, 1.82) is 0 Å². The minimum Gasteiger partial charge on any atom is -0.507 e. The number of aryl methyl sites for hydroxylation is 1. The maximum absolute atomic E-state index is 10.5. The lowest BCUT2D eigenvalue weighted by Crippen LogP contribution is -1.98. The fourth-order valence-corrected chi connectivity index (χ4v) is 2.91. The Balaban J connectivity index is 1.88. The molecular weight excluding hydrogens is 324 g/mol. The molecule has 3 aromatic rings. The summed E-state index contributed by atoms with van der Waals surface area (Å²) < 4.78 is 5.95. The number of benzene rings is 3. The van der Waals surface area contributed by atoms with Crippen molar-refractivity contribution in [1.82, 2.24) is 0 Å². The van der Waals surface area contributed by atoms with Crippen LogP contribution in [-0.2, 0) is 6.61 Å². The fraction of sp³-hybridized carbons (Fsp3) is 0.130. The fourth-order valence-electron chi connectivity index (χ4n) is 2.91. The molecule has 3 aromatic carbocycles. The first-order valence-electron chi connectivity index (χ1n) is 8.56. The second kappa shape index (κ2) is 8.37. The normalized spacial score (nSPS) is 11.0. The molecule has 2 N–H and O–H groups in total. The van der Waals surface area contributed by atoms with Gasteiger partial charge in [-0.2, -0.15) is 0 Å².